The predicted molar refractivity (Wildman–Crippen MR) is 75.9 cm³/mol. The van der Waals surface area contributed by atoms with Crippen molar-refractivity contribution in [2.45, 2.75) is 58.1 Å². The Balaban J connectivity index is 1.59. The van der Waals surface area contributed by atoms with Crippen LogP contribution in [0.1, 0.15) is 46.5 Å². The van der Waals surface area contributed by atoms with Crippen LogP contribution in [0.4, 0.5) is 0 Å². The molecule has 2 fully saturated rings. The van der Waals surface area contributed by atoms with Crippen molar-refractivity contribution >= 4 is 0 Å². The highest BCUT2D eigenvalue weighted by atomic mass is 16.5. The van der Waals surface area contributed by atoms with Crippen molar-refractivity contribution in [3.8, 4) is 0 Å². The van der Waals surface area contributed by atoms with E-state index in [2.05, 4.69) is 31.0 Å². The van der Waals surface area contributed by atoms with Gasteiger partial charge in [0.05, 0.1) is 6.10 Å². The summed E-state index contributed by atoms with van der Waals surface area (Å²) in [4.78, 5) is 2.62. The van der Waals surface area contributed by atoms with E-state index in [9.17, 15) is 0 Å². The highest BCUT2D eigenvalue weighted by molar-refractivity contribution is 4.81. The van der Waals surface area contributed by atoms with Gasteiger partial charge in [0.15, 0.2) is 0 Å². The molecule has 2 heterocycles. The fourth-order valence-corrected chi connectivity index (χ4v) is 2.93. The summed E-state index contributed by atoms with van der Waals surface area (Å²) in [6.45, 7) is 12.7. The zero-order valence-corrected chi connectivity index (χ0v) is 12.4. The van der Waals surface area contributed by atoms with Gasteiger partial charge in [-0.2, -0.15) is 0 Å². The molecule has 0 aromatic heterocycles. The van der Waals surface area contributed by atoms with Crippen LogP contribution in [0.3, 0.4) is 0 Å². The molecule has 0 spiro atoms. The fraction of sp³-hybridized carbons (Fsp3) is 1.00. The largest absolute Gasteiger partial charge is 0.378 e. The number of hydrogen-bond donors (Lipinski definition) is 1. The molecule has 0 radical (unpaired) electrons. The van der Waals surface area contributed by atoms with E-state index < -0.39 is 0 Å². The minimum absolute atomic E-state index is 0.255. The summed E-state index contributed by atoms with van der Waals surface area (Å²) in [5.74, 6) is 0.841. The van der Waals surface area contributed by atoms with E-state index in [0.29, 0.717) is 6.10 Å². The first-order chi connectivity index (χ1) is 8.53. The number of nitrogens with zero attached hydrogens (tertiary/aromatic N) is 1. The molecule has 2 saturated heterocycles. The van der Waals surface area contributed by atoms with Gasteiger partial charge in [-0.25, -0.2) is 0 Å². The average molecular weight is 254 g/mol. The van der Waals surface area contributed by atoms with E-state index >= 15 is 0 Å². The third kappa shape index (κ3) is 4.87. The molecule has 18 heavy (non-hydrogen) atoms. The maximum absolute atomic E-state index is 5.69. The van der Waals surface area contributed by atoms with Crippen molar-refractivity contribution in [3.63, 3.8) is 0 Å². The number of likely N-dealkylation sites (tertiary alicyclic amines) is 1. The topological polar surface area (TPSA) is 24.5 Å². The van der Waals surface area contributed by atoms with Crippen LogP contribution in [0.5, 0.6) is 0 Å². The first kappa shape index (κ1) is 14.3. The molecular formula is C15H30N2O. The van der Waals surface area contributed by atoms with E-state index in [0.717, 1.165) is 12.5 Å². The van der Waals surface area contributed by atoms with Gasteiger partial charge < -0.3 is 15.0 Å². The molecule has 0 bridgehead atoms. The van der Waals surface area contributed by atoms with Gasteiger partial charge in [0, 0.05) is 25.2 Å². The molecule has 3 heteroatoms. The van der Waals surface area contributed by atoms with E-state index in [1.807, 2.05) is 0 Å². The second-order valence-electron chi connectivity index (χ2n) is 7.01. The Labute approximate surface area is 112 Å². The Bertz CT molecular complexity index is 243. The molecule has 2 rings (SSSR count). The lowest BCUT2D eigenvalue weighted by Crippen LogP contribution is -2.39. The lowest BCUT2D eigenvalue weighted by atomic mass is 10.1. The number of rotatable bonds is 5. The van der Waals surface area contributed by atoms with Gasteiger partial charge in [0.2, 0.25) is 0 Å². The van der Waals surface area contributed by atoms with Gasteiger partial charge >= 0.3 is 0 Å². The van der Waals surface area contributed by atoms with E-state index in [1.165, 1.54) is 51.9 Å². The van der Waals surface area contributed by atoms with Gasteiger partial charge in [0.25, 0.3) is 0 Å². The fourth-order valence-electron chi connectivity index (χ4n) is 2.93. The molecule has 1 N–H and O–H groups in total. The number of ether oxygens (including phenoxy) is 1. The van der Waals surface area contributed by atoms with Crippen molar-refractivity contribution < 1.29 is 4.74 Å². The SMILES string of the molecule is CC(C)(C)NCC1CCN(CCC2CCCO2)C1. The molecule has 2 unspecified atom stereocenters. The summed E-state index contributed by atoms with van der Waals surface area (Å²) in [6.07, 6.45) is 5.69. The zero-order chi connectivity index (χ0) is 13.0. The molecule has 0 saturated carbocycles. The maximum atomic E-state index is 5.69. The van der Waals surface area contributed by atoms with Gasteiger partial charge in [0.1, 0.15) is 0 Å². The summed E-state index contributed by atoms with van der Waals surface area (Å²) >= 11 is 0. The van der Waals surface area contributed by atoms with E-state index in [-0.39, 0.29) is 5.54 Å². The lowest BCUT2D eigenvalue weighted by Gasteiger charge is -2.23. The quantitative estimate of drug-likeness (QED) is 0.814. The Morgan fingerprint density at radius 2 is 2.11 bits per heavy atom. The van der Waals surface area contributed by atoms with Crippen LogP contribution in [0.25, 0.3) is 0 Å². The summed E-state index contributed by atoms with van der Waals surface area (Å²) in [7, 11) is 0. The Morgan fingerprint density at radius 1 is 1.28 bits per heavy atom. The molecule has 3 nitrogen and oxygen atoms in total. The van der Waals surface area contributed by atoms with Crippen LogP contribution in [-0.4, -0.2) is 49.3 Å². The third-order valence-corrected chi connectivity index (χ3v) is 4.08. The highest BCUT2D eigenvalue weighted by Crippen LogP contribution is 2.20. The van der Waals surface area contributed by atoms with Crippen LogP contribution in [0, 0.1) is 5.92 Å². The summed E-state index contributed by atoms with van der Waals surface area (Å²) in [5.41, 5.74) is 0.255. The van der Waals surface area contributed by atoms with Crippen molar-refractivity contribution in [2.75, 3.05) is 32.8 Å². The normalized spacial score (nSPS) is 30.2. The van der Waals surface area contributed by atoms with Gasteiger partial charge in [-0.1, -0.05) is 0 Å². The highest BCUT2D eigenvalue weighted by Gasteiger charge is 2.24. The minimum atomic E-state index is 0.255. The van der Waals surface area contributed by atoms with Crippen LogP contribution >= 0.6 is 0 Å². The Kier molecular flexibility index (Phi) is 5.05. The van der Waals surface area contributed by atoms with Crippen LogP contribution < -0.4 is 5.32 Å². The standard InChI is InChI=1S/C15H30N2O/c1-15(2,3)16-11-13-6-8-17(12-13)9-7-14-5-4-10-18-14/h13-14,16H,4-12H2,1-3H3. The molecule has 2 aliphatic rings. The van der Waals surface area contributed by atoms with Crippen molar-refractivity contribution in [1.29, 1.82) is 0 Å². The molecule has 0 amide bonds. The monoisotopic (exact) mass is 254 g/mol. The van der Waals surface area contributed by atoms with Gasteiger partial charge in [-0.05, 0) is 65.5 Å². The van der Waals surface area contributed by atoms with Gasteiger partial charge in [-0.3, -0.25) is 0 Å². The molecular weight excluding hydrogens is 224 g/mol. The van der Waals surface area contributed by atoms with E-state index in [4.69, 9.17) is 4.74 Å². The van der Waals surface area contributed by atoms with Crippen LogP contribution in [-0.2, 0) is 4.74 Å². The smallest absolute Gasteiger partial charge is 0.0588 e. The first-order valence-electron chi connectivity index (χ1n) is 7.62. The minimum Gasteiger partial charge on any atom is -0.378 e. The zero-order valence-electron chi connectivity index (χ0n) is 12.4. The van der Waals surface area contributed by atoms with E-state index in [1.54, 1.807) is 0 Å². The Morgan fingerprint density at radius 3 is 2.78 bits per heavy atom. The first-order valence-corrected chi connectivity index (χ1v) is 7.62. The van der Waals surface area contributed by atoms with Crippen molar-refractivity contribution in [3.05, 3.63) is 0 Å². The second kappa shape index (κ2) is 6.36. The summed E-state index contributed by atoms with van der Waals surface area (Å²) in [6, 6.07) is 0. The lowest BCUT2D eigenvalue weighted by molar-refractivity contribution is 0.0944. The van der Waals surface area contributed by atoms with Crippen LogP contribution in [0.15, 0.2) is 0 Å². The predicted octanol–water partition coefficient (Wildman–Crippen LogP) is 2.27. The van der Waals surface area contributed by atoms with Crippen molar-refractivity contribution in [1.82, 2.24) is 10.2 Å². The number of nitrogens with one attached hydrogen (secondary N) is 1. The average Bonchev–Trinajstić information content (AvgIpc) is 2.94. The molecule has 2 atom stereocenters. The number of hydrogen-bond acceptors (Lipinski definition) is 3. The molecule has 2 aliphatic heterocycles. The Hall–Kier alpha value is -0.120. The van der Waals surface area contributed by atoms with Crippen molar-refractivity contribution in [2.24, 2.45) is 5.92 Å². The van der Waals surface area contributed by atoms with Gasteiger partial charge in [-0.15, -0.1) is 0 Å². The molecule has 0 aromatic rings. The summed E-state index contributed by atoms with van der Waals surface area (Å²) < 4.78 is 5.69. The molecule has 0 aromatic carbocycles. The van der Waals surface area contributed by atoms with Crippen LogP contribution in [0.2, 0.25) is 0 Å². The maximum Gasteiger partial charge on any atom is 0.0588 e. The molecule has 106 valence electrons. The second-order valence-corrected chi connectivity index (χ2v) is 7.01. The third-order valence-electron chi connectivity index (χ3n) is 4.08. The molecule has 0 aliphatic carbocycles. The summed E-state index contributed by atoms with van der Waals surface area (Å²) in [5, 5.41) is 3.63.